The Bertz CT molecular complexity index is 403. The summed E-state index contributed by atoms with van der Waals surface area (Å²) in [5, 5.41) is 0. The molecule has 4 heteroatoms. The summed E-state index contributed by atoms with van der Waals surface area (Å²) in [6.45, 7) is 6.63. The van der Waals surface area contributed by atoms with Crippen LogP contribution in [0.3, 0.4) is 0 Å². The third-order valence-electron chi connectivity index (χ3n) is 3.17. The topological polar surface area (TPSA) is 23.6 Å². The second kappa shape index (κ2) is 7.97. The molecular formula is C15H23IN2O. The van der Waals surface area contributed by atoms with Crippen molar-refractivity contribution >= 4 is 28.4 Å². The Kier molecular flexibility index (Phi) is 6.96. The highest BCUT2D eigenvalue weighted by Gasteiger charge is 2.17. The predicted molar refractivity (Wildman–Crippen MR) is 88.8 cm³/mol. The van der Waals surface area contributed by atoms with E-state index in [1.807, 2.05) is 24.3 Å². The van der Waals surface area contributed by atoms with Crippen molar-refractivity contribution in [2.45, 2.75) is 19.9 Å². The molecule has 1 unspecified atom stereocenters. The Morgan fingerprint density at radius 3 is 2.32 bits per heavy atom. The lowest BCUT2D eigenvalue weighted by Crippen LogP contribution is -2.42. The number of carbonyl (C=O) groups excluding carboxylic acids is 1. The molecule has 0 fully saturated rings. The van der Waals surface area contributed by atoms with E-state index in [0.717, 1.165) is 22.2 Å². The van der Waals surface area contributed by atoms with Gasteiger partial charge < -0.3 is 4.90 Å². The van der Waals surface area contributed by atoms with Crippen molar-refractivity contribution in [2.75, 3.05) is 33.7 Å². The van der Waals surface area contributed by atoms with Gasteiger partial charge in [0.05, 0.1) is 6.54 Å². The fourth-order valence-corrected chi connectivity index (χ4v) is 2.49. The molecule has 0 aliphatic carbocycles. The standard InChI is InChI=1S/C15H23IN2O/c1-5-18(12(2)10-17(3)4)11-15(19)13-6-8-14(16)9-7-13/h6-9,12H,5,10-11H2,1-4H3. The monoisotopic (exact) mass is 374 g/mol. The molecule has 1 aromatic rings. The van der Waals surface area contributed by atoms with E-state index in [2.05, 4.69) is 60.3 Å². The number of nitrogens with zero attached hydrogens (tertiary/aromatic N) is 2. The van der Waals surface area contributed by atoms with Crippen LogP contribution in [0.5, 0.6) is 0 Å². The number of rotatable bonds is 7. The highest BCUT2D eigenvalue weighted by Crippen LogP contribution is 2.09. The summed E-state index contributed by atoms with van der Waals surface area (Å²) in [5.41, 5.74) is 0.802. The maximum Gasteiger partial charge on any atom is 0.176 e. The quantitative estimate of drug-likeness (QED) is 0.542. The summed E-state index contributed by atoms with van der Waals surface area (Å²) < 4.78 is 1.16. The Labute approximate surface area is 130 Å². The molecule has 0 aliphatic rings. The number of ketones is 1. The van der Waals surface area contributed by atoms with Crippen LogP contribution in [0.1, 0.15) is 24.2 Å². The van der Waals surface area contributed by atoms with E-state index in [9.17, 15) is 4.79 Å². The highest BCUT2D eigenvalue weighted by atomic mass is 127. The predicted octanol–water partition coefficient (Wildman–Crippen LogP) is 2.75. The molecule has 0 heterocycles. The minimum absolute atomic E-state index is 0.198. The minimum atomic E-state index is 0.198. The number of hydrogen-bond acceptors (Lipinski definition) is 3. The number of hydrogen-bond donors (Lipinski definition) is 0. The van der Waals surface area contributed by atoms with Crippen LogP contribution in [0.4, 0.5) is 0 Å². The van der Waals surface area contributed by atoms with Crippen molar-refractivity contribution < 1.29 is 4.79 Å². The van der Waals surface area contributed by atoms with Gasteiger partial charge in [-0.2, -0.15) is 0 Å². The van der Waals surface area contributed by atoms with Gasteiger partial charge in [-0.15, -0.1) is 0 Å². The minimum Gasteiger partial charge on any atom is -0.308 e. The maximum atomic E-state index is 12.3. The molecule has 19 heavy (non-hydrogen) atoms. The van der Waals surface area contributed by atoms with E-state index in [-0.39, 0.29) is 5.78 Å². The summed E-state index contributed by atoms with van der Waals surface area (Å²) in [6.07, 6.45) is 0. The molecule has 0 aliphatic heterocycles. The lowest BCUT2D eigenvalue weighted by Gasteiger charge is -2.29. The summed E-state index contributed by atoms with van der Waals surface area (Å²) in [6, 6.07) is 8.16. The summed E-state index contributed by atoms with van der Waals surface area (Å²) >= 11 is 2.25. The second-order valence-electron chi connectivity index (χ2n) is 5.10. The van der Waals surface area contributed by atoms with Gasteiger partial charge in [0.1, 0.15) is 0 Å². The number of benzene rings is 1. The number of likely N-dealkylation sites (N-methyl/N-ethyl adjacent to an activating group) is 2. The van der Waals surface area contributed by atoms with Gasteiger partial charge in [-0.1, -0.05) is 19.1 Å². The van der Waals surface area contributed by atoms with Crippen LogP contribution in [0.25, 0.3) is 0 Å². The lowest BCUT2D eigenvalue weighted by atomic mass is 10.1. The van der Waals surface area contributed by atoms with E-state index in [4.69, 9.17) is 0 Å². The first kappa shape index (κ1) is 16.6. The Hall–Kier alpha value is -0.460. The van der Waals surface area contributed by atoms with Crippen LogP contribution in [0, 0.1) is 3.57 Å². The largest absolute Gasteiger partial charge is 0.308 e. The summed E-state index contributed by atoms with van der Waals surface area (Å²) in [7, 11) is 4.12. The fraction of sp³-hybridized carbons (Fsp3) is 0.533. The molecule has 0 spiro atoms. The van der Waals surface area contributed by atoms with Gasteiger partial charge in [0.15, 0.2) is 5.78 Å². The fourth-order valence-electron chi connectivity index (χ4n) is 2.13. The molecule has 106 valence electrons. The zero-order valence-corrected chi connectivity index (χ0v) is 14.3. The Balaban J connectivity index is 2.65. The van der Waals surface area contributed by atoms with Gasteiger partial charge >= 0.3 is 0 Å². The molecule has 0 bridgehead atoms. The van der Waals surface area contributed by atoms with E-state index in [1.54, 1.807) is 0 Å². The molecule has 0 radical (unpaired) electrons. The molecule has 1 rings (SSSR count). The van der Waals surface area contributed by atoms with Crippen LogP contribution < -0.4 is 0 Å². The van der Waals surface area contributed by atoms with Crippen molar-refractivity contribution in [3.8, 4) is 0 Å². The molecule has 0 N–H and O–H groups in total. The average Bonchev–Trinajstić information content (AvgIpc) is 2.35. The van der Waals surface area contributed by atoms with E-state index in [0.29, 0.717) is 12.6 Å². The van der Waals surface area contributed by atoms with Crippen molar-refractivity contribution in [1.82, 2.24) is 9.80 Å². The molecule has 0 saturated carbocycles. The zero-order valence-electron chi connectivity index (χ0n) is 12.2. The number of Topliss-reactive ketones (excluding diaryl/α,β-unsaturated/α-hetero) is 1. The zero-order chi connectivity index (χ0) is 14.4. The van der Waals surface area contributed by atoms with Crippen LogP contribution >= 0.6 is 22.6 Å². The second-order valence-corrected chi connectivity index (χ2v) is 6.35. The van der Waals surface area contributed by atoms with Gasteiger partial charge in [0, 0.05) is 21.7 Å². The molecule has 1 aromatic carbocycles. The third-order valence-corrected chi connectivity index (χ3v) is 3.89. The van der Waals surface area contributed by atoms with Crippen molar-refractivity contribution in [3.63, 3.8) is 0 Å². The summed E-state index contributed by atoms with van der Waals surface area (Å²) in [5.74, 6) is 0.198. The van der Waals surface area contributed by atoms with E-state index < -0.39 is 0 Å². The molecular weight excluding hydrogens is 351 g/mol. The normalized spacial score (nSPS) is 13.0. The Morgan fingerprint density at radius 2 is 1.84 bits per heavy atom. The van der Waals surface area contributed by atoms with E-state index in [1.165, 1.54) is 0 Å². The number of halogens is 1. The van der Waals surface area contributed by atoms with Crippen LogP contribution in [-0.2, 0) is 0 Å². The first-order valence-corrected chi connectivity index (χ1v) is 7.69. The number of carbonyl (C=O) groups is 1. The van der Waals surface area contributed by atoms with Crippen molar-refractivity contribution in [2.24, 2.45) is 0 Å². The maximum absolute atomic E-state index is 12.3. The first-order chi connectivity index (χ1) is 8.93. The molecule has 1 atom stereocenters. The van der Waals surface area contributed by atoms with Gasteiger partial charge in [0.2, 0.25) is 0 Å². The average molecular weight is 374 g/mol. The van der Waals surface area contributed by atoms with Gasteiger partial charge in [-0.25, -0.2) is 0 Å². The van der Waals surface area contributed by atoms with Crippen LogP contribution in [-0.4, -0.2) is 55.4 Å². The van der Waals surface area contributed by atoms with Crippen molar-refractivity contribution in [3.05, 3.63) is 33.4 Å². The van der Waals surface area contributed by atoms with E-state index >= 15 is 0 Å². The first-order valence-electron chi connectivity index (χ1n) is 6.61. The molecule has 0 amide bonds. The van der Waals surface area contributed by atoms with Crippen LogP contribution in [0.15, 0.2) is 24.3 Å². The smallest absolute Gasteiger partial charge is 0.176 e. The third kappa shape index (κ3) is 5.58. The molecule has 0 aromatic heterocycles. The Morgan fingerprint density at radius 1 is 1.26 bits per heavy atom. The van der Waals surface area contributed by atoms with Gasteiger partial charge in [-0.05, 0) is 62.3 Å². The van der Waals surface area contributed by atoms with Gasteiger partial charge in [-0.3, -0.25) is 9.69 Å². The highest BCUT2D eigenvalue weighted by molar-refractivity contribution is 14.1. The summed E-state index contributed by atoms with van der Waals surface area (Å²) in [4.78, 5) is 16.6. The lowest BCUT2D eigenvalue weighted by molar-refractivity contribution is 0.0888. The molecule has 0 saturated heterocycles. The SMILES string of the molecule is CCN(CC(=O)c1ccc(I)cc1)C(C)CN(C)C. The molecule has 3 nitrogen and oxygen atoms in total. The van der Waals surface area contributed by atoms with Gasteiger partial charge in [0.25, 0.3) is 0 Å². The van der Waals surface area contributed by atoms with Crippen LogP contribution in [0.2, 0.25) is 0 Å². The van der Waals surface area contributed by atoms with Crippen molar-refractivity contribution in [1.29, 1.82) is 0 Å².